The second-order valence-electron chi connectivity index (χ2n) is 5.82. The quantitative estimate of drug-likeness (QED) is 0.894. The zero-order valence-electron chi connectivity index (χ0n) is 11.0. The van der Waals surface area contributed by atoms with Gasteiger partial charge >= 0.3 is 0 Å². The van der Waals surface area contributed by atoms with Crippen LogP contribution in [-0.2, 0) is 0 Å². The highest BCUT2D eigenvalue weighted by Crippen LogP contribution is 2.31. The third kappa shape index (κ3) is 2.37. The molecule has 2 aliphatic heterocycles. The first-order valence-corrected chi connectivity index (χ1v) is 8.15. The lowest BCUT2D eigenvalue weighted by Gasteiger charge is -2.40. The van der Waals surface area contributed by atoms with Gasteiger partial charge < -0.3 is 10.1 Å². The minimum absolute atomic E-state index is 0.397. The van der Waals surface area contributed by atoms with Gasteiger partial charge in [0.15, 0.2) is 0 Å². The van der Waals surface area contributed by atoms with Crippen LogP contribution in [0.3, 0.4) is 0 Å². The van der Waals surface area contributed by atoms with E-state index in [0.29, 0.717) is 18.2 Å². The highest BCUT2D eigenvalue weighted by atomic mass is 32.1. The summed E-state index contributed by atoms with van der Waals surface area (Å²) in [5, 5.41) is 7.18. The Labute approximate surface area is 117 Å². The molecule has 2 nitrogen and oxygen atoms in total. The summed E-state index contributed by atoms with van der Waals surface area (Å²) in [5.74, 6) is 1.04. The van der Waals surface area contributed by atoms with E-state index in [4.69, 9.17) is 4.74 Å². The number of nitrogens with one attached hydrogen (secondary N) is 1. The van der Waals surface area contributed by atoms with E-state index in [1.807, 2.05) is 0 Å². The second-order valence-corrected chi connectivity index (χ2v) is 6.77. The topological polar surface area (TPSA) is 21.3 Å². The van der Waals surface area contributed by atoms with Crippen molar-refractivity contribution in [3.63, 3.8) is 0 Å². The Morgan fingerprint density at radius 3 is 2.79 bits per heavy atom. The Hall–Kier alpha value is -1.06. The fraction of sp³-hybridized carbons (Fsp3) is 0.500. The molecule has 1 aromatic carbocycles. The van der Waals surface area contributed by atoms with Crippen molar-refractivity contribution in [2.24, 2.45) is 0 Å². The van der Waals surface area contributed by atoms with Gasteiger partial charge in [0.1, 0.15) is 11.9 Å². The first kappa shape index (κ1) is 11.7. The Morgan fingerprint density at radius 2 is 1.95 bits per heavy atom. The summed E-state index contributed by atoms with van der Waals surface area (Å²) in [6, 6.07) is 10.0. The minimum atomic E-state index is 0.397. The molecule has 2 aromatic rings. The monoisotopic (exact) mass is 273 g/mol. The molecule has 3 heterocycles. The molecule has 0 spiro atoms. The Kier molecular flexibility index (Phi) is 2.97. The molecular formula is C16H19NOS. The molecule has 3 atom stereocenters. The van der Waals surface area contributed by atoms with E-state index >= 15 is 0 Å². The van der Waals surface area contributed by atoms with E-state index in [1.165, 1.54) is 42.2 Å². The predicted molar refractivity (Wildman–Crippen MR) is 80.0 cm³/mol. The number of hydrogen-bond donors (Lipinski definition) is 1. The average molecular weight is 273 g/mol. The molecule has 1 N–H and O–H groups in total. The maximum absolute atomic E-state index is 6.24. The number of hydrogen-bond acceptors (Lipinski definition) is 3. The fourth-order valence-electron chi connectivity index (χ4n) is 3.51. The third-order valence-electron chi connectivity index (χ3n) is 4.40. The van der Waals surface area contributed by atoms with Gasteiger partial charge in [-0.05, 0) is 60.7 Å². The van der Waals surface area contributed by atoms with Gasteiger partial charge in [-0.25, -0.2) is 0 Å². The first-order valence-electron chi connectivity index (χ1n) is 7.27. The molecular weight excluding hydrogens is 254 g/mol. The summed E-state index contributed by atoms with van der Waals surface area (Å²) in [6.07, 6.45) is 6.75. The van der Waals surface area contributed by atoms with Crippen molar-refractivity contribution in [3.05, 3.63) is 29.6 Å². The lowest BCUT2D eigenvalue weighted by molar-refractivity contribution is 0.0928. The summed E-state index contributed by atoms with van der Waals surface area (Å²) in [6.45, 7) is 0. The summed E-state index contributed by atoms with van der Waals surface area (Å²) in [7, 11) is 0. The highest BCUT2D eigenvalue weighted by Gasteiger charge is 2.32. The maximum atomic E-state index is 6.24. The molecule has 100 valence electrons. The summed E-state index contributed by atoms with van der Waals surface area (Å²) < 4.78 is 7.56. The van der Waals surface area contributed by atoms with Crippen molar-refractivity contribution in [3.8, 4) is 5.75 Å². The molecule has 2 aliphatic rings. The zero-order valence-corrected chi connectivity index (χ0v) is 11.8. The number of thiophene rings is 1. The zero-order chi connectivity index (χ0) is 12.7. The normalized spacial score (nSPS) is 30.4. The molecule has 2 bridgehead atoms. The lowest BCUT2D eigenvalue weighted by atomic mass is 9.85. The predicted octanol–water partition coefficient (Wildman–Crippen LogP) is 3.95. The van der Waals surface area contributed by atoms with Crippen LogP contribution in [0.1, 0.15) is 32.1 Å². The van der Waals surface area contributed by atoms with E-state index < -0.39 is 0 Å². The number of ether oxygens (including phenoxy) is 1. The van der Waals surface area contributed by atoms with Crippen LogP contribution < -0.4 is 10.1 Å². The molecule has 4 rings (SSSR count). The van der Waals surface area contributed by atoms with Crippen LogP contribution >= 0.6 is 11.3 Å². The number of piperidine rings is 2. The number of benzene rings is 1. The molecule has 0 radical (unpaired) electrons. The molecule has 0 amide bonds. The molecule has 0 aliphatic carbocycles. The Balaban J connectivity index is 1.51. The van der Waals surface area contributed by atoms with E-state index in [2.05, 4.69) is 35.0 Å². The number of rotatable bonds is 2. The smallest absolute Gasteiger partial charge is 0.121 e. The van der Waals surface area contributed by atoms with Crippen LogP contribution in [0, 0.1) is 0 Å². The molecule has 2 saturated heterocycles. The summed E-state index contributed by atoms with van der Waals surface area (Å²) >= 11 is 1.79. The maximum Gasteiger partial charge on any atom is 0.121 e. The minimum Gasteiger partial charge on any atom is -0.490 e. The van der Waals surface area contributed by atoms with Gasteiger partial charge in [-0.3, -0.25) is 0 Å². The molecule has 1 unspecified atom stereocenters. The van der Waals surface area contributed by atoms with E-state index in [-0.39, 0.29) is 0 Å². The van der Waals surface area contributed by atoms with Gasteiger partial charge in [-0.1, -0.05) is 6.42 Å². The van der Waals surface area contributed by atoms with Crippen LogP contribution in [0.5, 0.6) is 5.75 Å². The van der Waals surface area contributed by atoms with E-state index in [1.54, 1.807) is 11.3 Å². The van der Waals surface area contributed by atoms with Gasteiger partial charge in [-0.2, -0.15) is 0 Å². The van der Waals surface area contributed by atoms with Crippen molar-refractivity contribution in [2.45, 2.75) is 50.3 Å². The molecule has 2 fully saturated rings. The van der Waals surface area contributed by atoms with Gasteiger partial charge in [0.2, 0.25) is 0 Å². The van der Waals surface area contributed by atoms with Gasteiger partial charge in [0.05, 0.1) is 0 Å². The van der Waals surface area contributed by atoms with Crippen LogP contribution in [0.2, 0.25) is 0 Å². The van der Waals surface area contributed by atoms with Gasteiger partial charge in [-0.15, -0.1) is 11.3 Å². The Morgan fingerprint density at radius 1 is 1.11 bits per heavy atom. The first-order chi connectivity index (χ1) is 9.37. The molecule has 19 heavy (non-hydrogen) atoms. The van der Waals surface area contributed by atoms with Crippen molar-refractivity contribution in [1.29, 1.82) is 0 Å². The molecule has 3 heteroatoms. The molecule has 0 saturated carbocycles. The Bertz CT molecular complexity index is 567. The largest absolute Gasteiger partial charge is 0.490 e. The van der Waals surface area contributed by atoms with E-state index in [9.17, 15) is 0 Å². The third-order valence-corrected chi connectivity index (χ3v) is 5.28. The summed E-state index contributed by atoms with van der Waals surface area (Å²) in [4.78, 5) is 0. The van der Waals surface area contributed by atoms with Crippen molar-refractivity contribution in [2.75, 3.05) is 0 Å². The van der Waals surface area contributed by atoms with Crippen molar-refractivity contribution in [1.82, 2.24) is 5.32 Å². The van der Waals surface area contributed by atoms with Crippen LogP contribution in [0.15, 0.2) is 29.6 Å². The number of fused-ring (bicyclic) bond motifs is 3. The fourth-order valence-corrected chi connectivity index (χ4v) is 4.33. The van der Waals surface area contributed by atoms with Gasteiger partial charge in [0, 0.05) is 16.8 Å². The summed E-state index contributed by atoms with van der Waals surface area (Å²) in [5.41, 5.74) is 0. The van der Waals surface area contributed by atoms with Crippen molar-refractivity contribution >= 4 is 21.4 Å². The second kappa shape index (κ2) is 4.80. The van der Waals surface area contributed by atoms with E-state index in [0.717, 1.165) is 5.75 Å². The average Bonchev–Trinajstić information content (AvgIpc) is 2.85. The lowest BCUT2D eigenvalue weighted by Crippen LogP contribution is -2.51. The standard InChI is InChI=1S/C16H19NOS/c1-2-12-8-15(9-13(3-1)17-12)18-14-5-4-11-6-7-19-16(11)10-14/h4-7,10,12-13,15,17H,1-3,8-9H2/t12-,13+,15?. The van der Waals surface area contributed by atoms with Crippen LogP contribution in [0.4, 0.5) is 0 Å². The van der Waals surface area contributed by atoms with Gasteiger partial charge in [0.25, 0.3) is 0 Å². The highest BCUT2D eigenvalue weighted by molar-refractivity contribution is 7.17. The SMILES string of the molecule is c1cc2ccc(OC3C[C@H]4CCC[C@@H](C3)N4)cc2s1. The van der Waals surface area contributed by atoms with Crippen molar-refractivity contribution < 1.29 is 4.74 Å². The van der Waals surface area contributed by atoms with Crippen LogP contribution in [0.25, 0.3) is 10.1 Å². The molecule has 1 aromatic heterocycles. The van der Waals surface area contributed by atoms with Crippen LogP contribution in [-0.4, -0.2) is 18.2 Å².